The minimum absolute atomic E-state index is 0.136. The summed E-state index contributed by atoms with van der Waals surface area (Å²) < 4.78 is 39.6. The molecule has 0 atom stereocenters. The van der Waals surface area contributed by atoms with Crippen molar-refractivity contribution in [2.45, 2.75) is 5.75 Å². The summed E-state index contributed by atoms with van der Waals surface area (Å²) in [5.74, 6) is -0.964. The van der Waals surface area contributed by atoms with Crippen molar-refractivity contribution in [1.82, 2.24) is 0 Å². The Morgan fingerprint density at radius 2 is 2.00 bits per heavy atom. The lowest BCUT2D eigenvalue weighted by Gasteiger charge is -2.09. The fraction of sp³-hybridized carbons (Fsp3) is 0.0714. The Balaban J connectivity index is 2.20. The van der Waals surface area contributed by atoms with Crippen molar-refractivity contribution in [3.63, 3.8) is 0 Å². The van der Waals surface area contributed by atoms with Crippen LogP contribution in [0.4, 0.5) is 15.8 Å². The Bertz CT molecular complexity index is 813. The second-order valence-electron chi connectivity index (χ2n) is 4.41. The van der Waals surface area contributed by atoms with Crippen LogP contribution in [0.5, 0.6) is 0 Å². The first-order valence-corrected chi connectivity index (χ1v) is 7.59. The van der Waals surface area contributed by atoms with Crippen molar-refractivity contribution in [2.24, 2.45) is 0 Å². The molecule has 0 aliphatic carbocycles. The van der Waals surface area contributed by atoms with E-state index in [1.807, 2.05) is 0 Å². The van der Waals surface area contributed by atoms with Crippen LogP contribution in [-0.4, -0.2) is 8.42 Å². The zero-order chi connectivity index (χ0) is 15.5. The Labute approximate surface area is 121 Å². The number of nitriles is 1. The smallest absolute Gasteiger partial charge is 0.236 e. The van der Waals surface area contributed by atoms with E-state index in [4.69, 9.17) is 11.0 Å². The van der Waals surface area contributed by atoms with E-state index in [0.29, 0.717) is 11.3 Å². The molecule has 3 N–H and O–H groups in total. The van der Waals surface area contributed by atoms with Crippen molar-refractivity contribution in [3.8, 4) is 6.07 Å². The van der Waals surface area contributed by atoms with Gasteiger partial charge in [0.2, 0.25) is 10.0 Å². The predicted octanol–water partition coefficient (Wildman–Crippen LogP) is 2.22. The molecule has 0 heterocycles. The first-order valence-electron chi connectivity index (χ1n) is 5.94. The van der Waals surface area contributed by atoms with Crippen molar-refractivity contribution in [1.29, 1.82) is 5.26 Å². The van der Waals surface area contributed by atoms with E-state index in [0.717, 1.165) is 12.1 Å². The largest absolute Gasteiger partial charge is 0.399 e. The molecule has 0 aromatic heterocycles. The fourth-order valence-electron chi connectivity index (χ4n) is 1.79. The molecular weight excluding hydrogens is 293 g/mol. The molecule has 0 unspecified atom stereocenters. The number of nitrogen functional groups attached to an aromatic ring is 1. The average Bonchev–Trinajstić information content (AvgIpc) is 2.40. The Kier molecular flexibility index (Phi) is 4.10. The Morgan fingerprint density at radius 3 is 2.67 bits per heavy atom. The highest BCUT2D eigenvalue weighted by molar-refractivity contribution is 7.91. The molecule has 0 saturated carbocycles. The summed E-state index contributed by atoms with van der Waals surface area (Å²) in [7, 11) is -3.68. The molecule has 7 heteroatoms. The molecule has 108 valence electrons. The fourth-order valence-corrected chi connectivity index (χ4v) is 2.97. The lowest BCUT2D eigenvalue weighted by atomic mass is 10.2. The number of anilines is 2. The van der Waals surface area contributed by atoms with E-state index in [-0.39, 0.29) is 17.0 Å². The SMILES string of the molecule is N#Cc1cc(NS(=O)(=O)Cc2cccc(N)c2)ccc1F. The normalized spacial score (nSPS) is 10.9. The standard InChI is InChI=1S/C14H12FN3O2S/c15-14-5-4-13(7-11(14)8-16)18-21(19,20)9-10-2-1-3-12(17)6-10/h1-7,18H,9,17H2. The van der Waals surface area contributed by atoms with E-state index in [1.54, 1.807) is 30.3 Å². The highest BCUT2D eigenvalue weighted by atomic mass is 32.2. The minimum atomic E-state index is -3.68. The summed E-state index contributed by atoms with van der Waals surface area (Å²) in [5.41, 5.74) is 6.51. The van der Waals surface area contributed by atoms with Gasteiger partial charge in [0.15, 0.2) is 0 Å². The number of sulfonamides is 1. The molecule has 2 rings (SSSR count). The third kappa shape index (κ3) is 3.94. The van der Waals surface area contributed by atoms with Gasteiger partial charge in [-0.1, -0.05) is 12.1 Å². The van der Waals surface area contributed by atoms with Crippen molar-refractivity contribution < 1.29 is 12.8 Å². The van der Waals surface area contributed by atoms with Gasteiger partial charge in [-0.3, -0.25) is 4.72 Å². The van der Waals surface area contributed by atoms with Crippen LogP contribution in [0.15, 0.2) is 42.5 Å². The van der Waals surface area contributed by atoms with Gasteiger partial charge in [0.1, 0.15) is 11.9 Å². The number of hydrogen-bond donors (Lipinski definition) is 2. The number of nitrogens with one attached hydrogen (secondary N) is 1. The van der Waals surface area contributed by atoms with Gasteiger partial charge >= 0.3 is 0 Å². The van der Waals surface area contributed by atoms with Gasteiger partial charge in [-0.05, 0) is 35.9 Å². The summed E-state index contributed by atoms with van der Waals surface area (Å²) >= 11 is 0. The average molecular weight is 305 g/mol. The van der Waals surface area contributed by atoms with Gasteiger partial charge in [0.25, 0.3) is 0 Å². The third-order valence-electron chi connectivity index (χ3n) is 2.67. The molecule has 0 radical (unpaired) electrons. The van der Waals surface area contributed by atoms with Crippen molar-refractivity contribution in [3.05, 3.63) is 59.4 Å². The maximum absolute atomic E-state index is 13.2. The topological polar surface area (TPSA) is 96.0 Å². The van der Waals surface area contributed by atoms with E-state index in [2.05, 4.69) is 4.72 Å². The molecule has 0 spiro atoms. The van der Waals surface area contributed by atoms with Crippen molar-refractivity contribution >= 4 is 21.4 Å². The van der Waals surface area contributed by atoms with Crippen molar-refractivity contribution in [2.75, 3.05) is 10.5 Å². The van der Waals surface area contributed by atoms with E-state index < -0.39 is 15.8 Å². The highest BCUT2D eigenvalue weighted by Crippen LogP contribution is 2.17. The highest BCUT2D eigenvalue weighted by Gasteiger charge is 2.13. The number of hydrogen-bond acceptors (Lipinski definition) is 4. The van der Waals surface area contributed by atoms with Crippen LogP contribution in [0, 0.1) is 17.1 Å². The van der Waals surface area contributed by atoms with Crippen LogP contribution in [0.1, 0.15) is 11.1 Å². The van der Waals surface area contributed by atoms with Crippen LogP contribution in [0.2, 0.25) is 0 Å². The second kappa shape index (κ2) is 5.81. The third-order valence-corrected chi connectivity index (χ3v) is 3.93. The quantitative estimate of drug-likeness (QED) is 0.846. The summed E-state index contributed by atoms with van der Waals surface area (Å²) in [6, 6.07) is 11.6. The van der Waals surface area contributed by atoms with Gasteiger partial charge in [0.05, 0.1) is 11.3 Å². The zero-order valence-electron chi connectivity index (χ0n) is 10.9. The lowest BCUT2D eigenvalue weighted by Crippen LogP contribution is -2.15. The molecule has 21 heavy (non-hydrogen) atoms. The molecule has 0 bridgehead atoms. The van der Waals surface area contributed by atoms with Crippen LogP contribution < -0.4 is 10.5 Å². The number of nitrogens with two attached hydrogens (primary N) is 1. The van der Waals surface area contributed by atoms with Gasteiger partial charge in [-0.2, -0.15) is 5.26 Å². The number of rotatable bonds is 4. The molecule has 0 amide bonds. The second-order valence-corrected chi connectivity index (χ2v) is 6.13. The molecular formula is C14H12FN3O2S. The molecule has 5 nitrogen and oxygen atoms in total. The number of benzene rings is 2. The maximum Gasteiger partial charge on any atom is 0.236 e. The van der Waals surface area contributed by atoms with Gasteiger partial charge < -0.3 is 5.73 Å². The Morgan fingerprint density at radius 1 is 1.24 bits per heavy atom. The summed E-state index contributed by atoms with van der Waals surface area (Å²) in [4.78, 5) is 0. The summed E-state index contributed by atoms with van der Waals surface area (Å²) in [6.07, 6.45) is 0. The zero-order valence-corrected chi connectivity index (χ0v) is 11.7. The molecule has 2 aromatic rings. The van der Waals surface area contributed by atoms with Crippen LogP contribution in [-0.2, 0) is 15.8 Å². The van der Waals surface area contributed by atoms with E-state index in [1.165, 1.54) is 6.07 Å². The molecule has 2 aromatic carbocycles. The molecule has 0 aliphatic rings. The first kappa shape index (κ1) is 14.8. The number of nitrogens with zero attached hydrogens (tertiary/aromatic N) is 1. The van der Waals surface area contributed by atoms with Gasteiger partial charge in [0, 0.05) is 11.4 Å². The van der Waals surface area contributed by atoms with E-state index >= 15 is 0 Å². The maximum atomic E-state index is 13.2. The van der Waals surface area contributed by atoms with Crippen LogP contribution in [0.3, 0.4) is 0 Å². The predicted molar refractivity (Wildman–Crippen MR) is 78.2 cm³/mol. The Hall–Kier alpha value is -2.59. The molecule has 0 aliphatic heterocycles. The van der Waals surface area contributed by atoms with Crippen LogP contribution >= 0.6 is 0 Å². The van der Waals surface area contributed by atoms with Gasteiger partial charge in [-0.15, -0.1) is 0 Å². The van der Waals surface area contributed by atoms with E-state index in [9.17, 15) is 12.8 Å². The first-order chi connectivity index (χ1) is 9.89. The molecule has 0 fully saturated rings. The summed E-state index contributed by atoms with van der Waals surface area (Å²) in [6.45, 7) is 0. The van der Waals surface area contributed by atoms with Gasteiger partial charge in [-0.25, -0.2) is 12.8 Å². The summed E-state index contributed by atoms with van der Waals surface area (Å²) in [5, 5.41) is 8.73. The van der Waals surface area contributed by atoms with Crippen LogP contribution in [0.25, 0.3) is 0 Å². The molecule has 0 saturated heterocycles. The monoisotopic (exact) mass is 305 g/mol. The lowest BCUT2D eigenvalue weighted by molar-refractivity contribution is 0.600. The minimum Gasteiger partial charge on any atom is -0.399 e. The number of halogens is 1.